The highest BCUT2D eigenvalue weighted by molar-refractivity contribution is 5.80. The first-order chi connectivity index (χ1) is 7.65. The minimum absolute atomic E-state index is 0.0769. The number of nitrogens with zero attached hydrogens (tertiary/aromatic N) is 2. The Morgan fingerprint density at radius 3 is 2.75 bits per heavy atom. The summed E-state index contributed by atoms with van der Waals surface area (Å²) in [6, 6.07) is 7.59. The van der Waals surface area contributed by atoms with Crippen LogP contribution in [-0.2, 0) is 0 Å². The summed E-state index contributed by atoms with van der Waals surface area (Å²) in [4.78, 5) is 10.4. The molecule has 0 fully saturated rings. The monoisotopic (exact) mass is 220 g/mol. The Kier molecular flexibility index (Phi) is 2.55. The molecule has 1 aromatic heterocycles. The van der Waals surface area contributed by atoms with Crippen LogP contribution in [0.15, 0.2) is 35.0 Å². The molecule has 2 aromatic rings. The molecule has 0 unspecified atom stereocenters. The van der Waals surface area contributed by atoms with Crippen molar-refractivity contribution in [3.63, 3.8) is 0 Å². The molecule has 0 bridgehead atoms. The number of benzene rings is 1. The molecular weight excluding hydrogens is 210 g/mol. The molecule has 0 spiro atoms. The smallest absolute Gasteiger partial charge is 0.411 e. The maximum Gasteiger partial charge on any atom is 0.411 e. The Labute approximate surface area is 91.1 Å². The van der Waals surface area contributed by atoms with Crippen LogP contribution in [0.3, 0.4) is 0 Å². The fraction of sp³-hybridized carbons (Fsp3) is 0.100. The predicted octanol–water partition coefficient (Wildman–Crippen LogP) is 1.35. The van der Waals surface area contributed by atoms with Crippen LogP contribution < -0.4 is 10.00 Å². The molecule has 0 aliphatic heterocycles. The van der Waals surface area contributed by atoms with E-state index in [2.05, 4.69) is 10.6 Å². The summed E-state index contributed by atoms with van der Waals surface area (Å²) >= 11 is 0. The average Bonchev–Trinajstić information content (AvgIpc) is 2.66. The van der Waals surface area contributed by atoms with Gasteiger partial charge in [0.2, 0.25) is 11.0 Å². The molecule has 6 nitrogen and oxygen atoms in total. The molecule has 0 aliphatic rings. The minimum atomic E-state index is -1.19. The highest BCUT2D eigenvalue weighted by Gasteiger charge is 2.15. The molecule has 0 saturated carbocycles. The molecule has 1 aromatic carbocycles. The standard InChI is InChI=1S/C10H9N3O3/c1-7-2-4-8(5-3-7)13-6-9(16-12-13)11-10(14)15/h2-6H,1H3,(H-,11,12,14,15)/p+1. The normalized spacial score (nSPS) is 10.1. The Morgan fingerprint density at radius 2 is 2.12 bits per heavy atom. The zero-order valence-corrected chi connectivity index (χ0v) is 8.54. The van der Waals surface area contributed by atoms with Crippen molar-refractivity contribution in [3.05, 3.63) is 36.0 Å². The number of nitrogens with one attached hydrogen (secondary N) is 1. The molecule has 6 heteroatoms. The minimum Gasteiger partial charge on any atom is -0.465 e. The summed E-state index contributed by atoms with van der Waals surface area (Å²) in [6.45, 7) is 1.98. The molecule has 0 saturated heterocycles. The highest BCUT2D eigenvalue weighted by atomic mass is 16.5. The molecule has 1 heterocycles. The zero-order valence-electron chi connectivity index (χ0n) is 8.54. The van der Waals surface area contributed by atoms with E-state index in [9.17, 15) is 4.79 Å². The quantitative estimate of drug-likeness (QED) is 0.749. The fourth-order valence-corrected chi connectivity index (χ4v) is 1.23. The van der Waals surface area contributed by atoms with Gasteiger partial charge < -0.3 is 5.11 Å². The van der Waals surface area contributed by atoms with E-state index in [0.29, 0.717) is 0 Å². The van der Waals surface area contributed by atoms with Gasteiger partial charge in [0, 0.05) is 12.1 Å². The van der Waals surface area contributed by atoms with Crippen molar-refractivity contribution in [3.8, 4) is 5.69 Å². The van der Waals surface area contributed by atoms with Crippen LogP contribution >= 0.6 is 0 Å². The summed E-state index contributed by atoms with van der Waals surface area (Å²) in [7, 11) is 0. The highest BCUT2D eigenvalue weighted by Crippen LogP contribution is 2.05. The van der Waals surface area contributed by atoms with Gasteiger partial charge in [0.25, 0.3) is 6.20 Å². The number of aromatic nitrogens is 2. The molecule has 0 radical (unpaired) electrons. The maximum atomic E-state index is 10.4. The third-order valence-electron chi connectivity index (χ3n) is 2.00. The lowest BCUT2D eigenvalue weighted by atomic mass is 10.2. The van der Waals surface area contributed by atoms with E-state index in [0.717, 1.165) is 11.3 Å². The molecule has 16 heavy (non-hydrogen) atoms. The van der Waals surface area contributed by atoms with Crippen molar-refractivity contribution in [1.29, 1.82) is 0 Å². The van der Waals surface area contributed by atoms with Gasteiger partial charge in [-0.1, -0.05) is 17.7 Å². The number of anilines is 1. The first-order valence-corrected chi connectivity index (χ1v) is 4.61. The first-order valence-electron chi connectivity index (χ1n) is 4.61. The molecule has 2 N–H and O–H groups in total. The molecule has 0 atom stereocenters. The third-order valence-corrected chi connectivity index (χ3v) is 2.00. The fourth-order valence-electron chi connectivity index (χ4n) is 1.23. The zero-order chi connectivity index (χ0) is 11.5. The number of hydrogen-bond acceptors (Lipinski definition) is 3. The molecule has 0 aliphatic carbocycles. The number of amides is 1. The van der Waals surface area contributed by atoms with E-state index in [1.54, 1.807) is 0 Å². The number of aryl methyl sites for hydroxylation is 1. The molecular formula is C10H10N3O3+. The van der Waals surface area contributed by atoms with Crippen LogP contribution in [0.25, 0.3) is 5.69 Å². The SMILES string of the molecule is Cc1ccc(-[n+]2cc(NC(=O)O)on2)cc1. The van der Waals surface area contributed by atoms with Gasteiger partial charge in [0.05, 0.1) is 0 Å². The lowest BCUT2D eigenvalue weighted by molar-refractivity contribution is -0.670. The average molecular weight is 220 g/mol. The summed E-state index contributed by atoms with van der Waals surface area (Å²) in [5.41, 5.74) is 1.93. The number of hydrogen-bond donors (Lipinski definition) is 2. The summed E-state index contributed by atoms with van der Waals surface area (Å²) in [5.74, 6) is 0.0769. The Bertz CT molecular complexity index is 504. The van der Waals surface area contributed by atoms with Gasteiger partial charge >= 0.3 is 12.0 Å². The first kappa shape index (κ1) is 10.2. The molecule has 2 rings (SSSR count). The lowest BCUT2D eigenvalue weighted by Gasteiger charge is -1.89. The number of carboxylic acid groups (broad SMARTS) is 1. The van der Waals surface area contributed by atoms with Crippen LogP contribution in [0, 0.1) is 6.92 Å². The second-order valence-corrected chi connectivity index (χ2v) is 3.28. The largest absolute Gasteiger partial charge is 0.465 e. The summed E-state index contributed by atoms with van der Waals surface area (Å²) < 4.78 is 6.23. The van der Waals surface area contributed by atoms with E-state index < -0.39 is 6.09 Å². The van der Waals surface area contributed by atoms with Crippen LogP contribution in [0.1, 0.15) is 5.56 Å². The van der Waals surface area contributed by atoms with E-state index >= 15 is 0 Å². The van der Waals surface area contributed by atoms with Crippen molar-refractivity contribution in [1.82, 2.24) is 5.27 Å². The summed E-state index contributed by atoms with van der Waals surface area (Å²) in [6.07, 6.45) is 0.269. The second-order valence-electron chi connectivity index (χ2n) is 3.28. The maximum absolute atomic E-state index is 10.4. The predicted molar refractivity (Wildman–Crippen MR) is 54.4 cm³/mol. The van der Waals surface area contributed by atoms with Crippen LogP contribution in [0.2, 0.25) is 0 Å². The van der Waals surface area contributed by atoms with Crippen molar-refractivity contribution in [2.75, 3.05) is 5.32 Å². The molecule has 82 valence electrons. The van der Waals surface area contributed by atoms with Gasteiger partial charge in [-0.3, -0.25) is 9.84 Å². The Morgan fingerprint density at radius 1 is 1.44 bits per heavy atom. The molecule has 1 amide bonds. The van der Waals surface area contributed by atoms with E-state index in [4.69, 9.17) is 9.63 Å². The lowest BCUT2D eigenvalue weighted by Crippen LogP contribution is -2.31. The van der Waals surface area contributed by atoms with Gasteiger partial charge in [-0.05, 0) is 11.6 Å². The van der Waals surface area contributed by atoms with Gasteiger partial charge in [0.1, 0.15) is 0 Å². The number of carbonyl (C=O) groups is 1. The van der Waals surface area contributed by atoms with Gasteiger partial charge in [-0.25, -0.2) is 4.79 Å². The Balaban J connectivity index is 2.24. The second kappa shape index (κ2) is 4.01. The van der Waals surface area contributed by atoms with Gasteiger partial charge in [0.15, 0.2) is 0 Å². The topological polar surface area (TPSA) is 79.2 Å². The van der Waals surface area contributed by atoms with Crippen molar-refractivity contribution < 1.29 is 19.1 Å². The van der Waals surface area contributed by atoms with Crippen LogP contribution in [-0.4, -0.2) is 16.5 Å². The van der Waals surface area contributed by atoms with Crippen LogP contribution in [0.4, 0.5) is 10.7 Å². The van der Waals surface area contributed by atoms with Crippen LogP contribution in [0.5, 0.6) is 0 Å². The van der Waals surface area contributed by atoms with E-state index in [1.807, 2.05) is 31.2 Å². The third kappa shape index (κ3) is 2.17. The van der Waals surface area contributed by atoms with Crippen molar-refractivity contribution in [2.24, 2.45) is 0 Å². The van der Waals surface area contributed by atoms with Gasteiger partial charge in [-0.2, -0.15) is 0 Å². The van der Waals surface area contributed by atoms with E-state index in [1.165, 1.54) is 10.9 Å². The van der Waals surface area contributed by atoms with Crippen molar-refractivity contribution >= 4 is 12.0 Å². The Hall–Kier alpha value is -2.37. The number of rotatable bonds is 2. The summed E-state index contributed by atoms with van der Waals surface area (Å²) in [5, 5.41) is 14.2. The van der Waals surface area contributed by atoms with E-state index in [-0.39, 0.29) is 5.88 Å². The van der Waals surface area contributed by atoms with Gasteiger partial charge in [-0.15, -0.1) is 0 Å². The van der Waals surface area contributed by atoms with Crippen molar-refractivity contribution in [2.45, 2.75) is 6.92 Å².